The molecule has 0 aromatic carbocycles. The molecule has 5 heavy (non-hydrogen) atoms. The second kappa shape index (κ2) is 1.54. The fourth-order valence-corrected chi connectivity index (χ4v) is 0. The van der Waals surface area contributed by atoms with Gasteiger partial charge in [-0.1, -0.05) is 6.58 Å². The largest absolute Gasteiger partial charge is 0.244 e. The van der Waals surface area contributed by atoms with Crippen molar-refractivity contribution in [2.24, 2.45) is 0 Å². The lowest BCUT2D eigenvalue weighted by Gasteiger charge is -1.63. The molecule has 0 aromatic rings. The van der Waals surface area contributed by atoms with Gasteiger partial charge in [0, 0.05) is 0 Å². The first-order valence-electron chi connectivity index (χ1n) is 1.30. The average Bonchev–Trinajstić information content (AvgIpc) is 1.38. The highest BCUT2D eigenvalue weighted by molar-refractivity contribution is 4.97. The first kappa shape index (κ1) is 4.23. The van der Waals surface area contributed by atoms with Crippen molar-refractivity contribution in [1.82, 2.24) is 0 Å². The zero-order chi connectivity index (χ0) is 4.28. The SMILES string of the molecule is [C-]#[N+]C(=C)C. The zero-order valence-corrected chi connectivity index (χ0v) is 3.15. The lowest BCUT2D eigenvalue weighted by atomic mass is 10.6. The molecule has 0 rings (SSSR count). The smallest absolute Gasteiger partial charge is 0.155 e. The Morgan fingerprint density at radius 1 is 2.00 bits per heavy atom. The van der Waals surface area contributed by atoms with E-state index in [2.05, 4.69) is 11.4 Å². The van der Waals surface area contributed by atoms with Crippen molar-refractivity contribution in [1.29, 1.82) is 0 Å². The summed E-state index contributed by atoms with van der Waals surface area (Å²) in [6.07, 6.45) is 0. The molecule has 0 aliphatic heterocycles. The minimum atomic E-state index is 0.546. The Labute approximate surface area is 31.7 Å². The minimum absolute atomic E-state index is 0.546. The Hall–Kier alpha value is -0.770. The molecule has 0 fully saturated rings. The Bertz CT molecular complexity index is 76.1. The third kappa shape index (κ3) is 3.23. The fourth-order valence-electron chi connectivity index (χ4n) is 0. The maximum absolute atomic E-state index is 6.18. The van der Waals surface area contributed by atoms with Crippen LogP contribution in [0.5, 0.6) is 0 Å². The van der Waals surface area contributed by atoms with E-state index in [1.165, 1.54) is 0 Å². The molecule has 0 heterocycles. The highest BCUT2D eigenvalue weighted by Gasteiger charge is 1.64. The van der Waals surface area contributed by atoms with Gasteiger partial charge in [-0.25, -0.2) is 4.85 Å². The molecule has 0 saturated carbocycles. The first-order valence-corrected chi connectivity index (χ1v) is 1.30. The highest BCUT2D eigenvalue weighted by Crippen LogP contribution is 1.81. The summed E-state index contributed by atoms with van der Waals surface area (Å²) in [6, 6.07) is 0. The standard InChI is InChI=1S/C4H5N/c1-4(2)5-3/h1H2,2H3. The van der Waals surface area contributed by atoms with Crippen molar-refractivity contribution < 1.29 is 0 Å². The third-order valence-corrected chi connectivity index (χ3v) is 0.191. The van der Waals surface area contributed by atoms with Crippen LogP contribution in [0.25, 0.3) is 4.85 Å². The summed E-state index contributed by atoms with van der Waals surface area (Å²) in [6.45, 7) is 11.2. The summed E-state index contributed by atoms with van der Waals surface area (Å²) in [7, 11) is 0. The van der Waals surface area contributed by atoms with Crippen LogP contribution in [0.15, 0.2) is 12.3 Å². The lowest BCUT2D eigenvalue weighted by Crippen LogP contribution is -1.44. The van der Waals surface area contributed by atoms with E-state index < -0.39 is 0 Å². The molecular formula is C4H5N. The van der Waals surface area contributed by atoms with E-state index in [9.17, 15) is 0 Å². The fraction of sp³-hybridized carbons (Fsp3) is 0.250. The van der Waals surface area contributed by atoms with Gasteiger partial charge in [0.15, 0.2) is 5.70 Å². The van der Waals surface area contributed by atoms with Crippen molar-refractivity contribution in [3.63, 3.8) is 0 Å². The zero-order valence-electron chi connectivity index (χ0n) is 3.15. The normalized spacial score (nSPS) is 5.60. The molecule has 0 radical (unpaired) electrons. The number of nitrogens with zero attached hydrogens (tertiary/aromatic N) is 1. The maximum atomic E-state index is 6.18. The topological polar surface area (TPSA) is 4.36 Å². The summed E-state index contributed by atoms with van der Waals surface area (Å²) in [4.78, 5) is 2.94. The van der Waals surface area contributed by atoms with E-state index in [-0.39, 0.29) is 0 Å². The van der Waals surface area contributed by atoms with Crippen LogP contribution in [0, 0.1) is 6.57 Å². The van der Waals surface area contributed by atoms with Crippen molar-refractivity contribution in [2.75, 3.05) is 0 Å². The van der Waals surface area contributed by atoms with Crippen molar-refractivity contribution >= 4 is 0 Å². The molecule has 1 nitrogen and oxygen atoms in total. The van der Waals surface area contributed by atoms with Gasteiger partial charge in [-0.2, -0.15) is 0 Å². The van der Waals surface area contributed by atoms with Crippen LogP contribution >= 0.6 is 0 Å². The number of rotatable bonds is 0. The van der Waals surface area contributed by atoms with Crippen LogP contribution in [0.4, 0.5) is 0 Å². The number of allylic oxidation sites excluding steroid dienone is 1. The van der Waals surface area contributed by atoms with Gasteiger partial charge < -0.3 is 0 Å². The van der Waals surface area contributed by atoms with Gasteiger partial charge in [0.1, 0.15) is 0 Å². The van der Waals surface area contributed by atoms with E-state index in [0.29, 0.717) is 5.70 Å². The van der Waals surface area contributed by atoms with Crippen LogP contribution < -0.4 is 0 Å². The Morgan fingerprint density at radius 3 is 2.20 bits per heavy atom. The van der Waals surface area contributed by atoms with Crippen LogP contribution in [-0.4, -0.2) is 0 Å². The van der Waals surface area contributed by atoms with Gasteiger partial charge in [-0.15, -0.1) is 0 Å². The molecule has 0 spiro atoms. The number of hydrogen-bond donors (Lipinski definition) is 0. The van der Waals surface area contributed by atoms with Crippen LogP contribution in [0.2, 0.25) is 0 Å². The van der Waals surface area contributed by atoms with Crippen LogP contribution in [-0.2, 0) is 0 Å². The lowest BCUT2D eigenvalue weighted by molar-refractivity contribution is 1.57. The Kier molecular flexibility index (Phi) is 1.30. The number of hydrogen-bond acceptors (Lipinski definition) is 0. The molecule has 0 saturated heterocycles. The van der Waals surface area contributed by atoms with E-state index in [0.717, 1.165) is 0 Å². The van der Waals surface area contributed by atoms with Gasteiger partial charge in [0.25, 0.3) is 0 Å². The summed E-state index contributed by atoms with van der Waals surface area (Å²) in [5.41, 5.74) is 0.546. The van der Waals surface area contributed by atoms with E-state index in [4.69, 9.17) is 6.57 Å². The Balaban J connectivity index is 3.35. The van der Waals surface area contributed by atoms with Gasteiger partial charge in [0.05, 0.1) is 6.57 Å². The molecule has 0 aliphatic carbocycles. The third-order valence-electron chi connectivity index (χ3n) is 0.191. The van der Waals surface area contributed by atoms with Gasteiger partial charge in [0.2, 0.25) is 0 Å². The predicted octanol–water partition coefficient (Wildman–Crippen LogP) is 1.44. The summed E-state index contributed by atoms with van der Waals surface area (Å²) < 4.78 is 0. The molecule has 0 atom stereocenters. The van der Waals surface area contributed by atoms with Crippen molar-refractivity contribution in [2.45, 2.75) is 6.92 Å². The molecule has 1 heteroatoms. The highest BCUT2D eigenvalue weighted by atomic mass is 14.6. The van der Waals surface area contributed by atoms with E-state index >= 15 is 0 Å². The summed E-state index contributed by atoms with van der Waals surface area (Å²) in [5.74, 6) is 0. The second-order valence-electron chi connectivity index (χ2n) is 0.847. The van der Waals surface area contributed by atoms with Crippen LogP contribution in [0.3, 0.4) is 0 Å². The molecule has 0 aliphatic rings. The van der Waals surface area contributed by atoms with Gasteiger partial charge in [-0.05, 0) is 6.92 Å². The second-order valence-corrected chi connectivity index (χ2v) is 0.847. The van der Waals surface area contributed by atoms with E-state index in [1.54, 1.807) is 6.92 Å². The monoisotopic (exact) mass is 67.0 g/mol. The quantitative estimate of drug-likeness (QED) is 0.377. The molecule has 0 bridgehead atoms. The van der Waals surface area contributed by atoms with Crippen LogP contribution in [0.1, 0.15) is 6.92 Å². The van der Waals surface area contributed by atoms with Gasteiger partial charge >= 0.3 is 0 Å². The average molecular weight is 67.1 g/mol. The van der Waals surface area contributed by atoms with Crippen molar-refractivity contribution in [3.8, 4) is 0 Å². The summed E-state index contributed by atoms with van der Waals surface area (Å²) in [5, 5.41) is 0. The molecular weight excluding hydrogens is 62.1 g/mol. The molecule has 0 amide bonds. The predicted molar refractivity (Wildman–Crippen MR) is 21.4 cm³/mol. The first-order chi connectivity index (χ1) is 2.27. The Morgan fingerprint density at radius 2 is 2.20 bits per heavy atom. The maximum Gasteiger partial charge on any atom is 0.155 e. The van der Waals surface area contributed by atoms with E-state index in [1.807, 2.05) is 0 Å². The molecule has 0 N–H and O–H groups in total. The molecule has 0 aromatic heterocycles. The molecule has 0 unspecified atom stereocenters. The minimum Gasteiger partial charge on any atom is -0.244 e. The summed E-state index contributed by atoms with van der Waals surface area (Å²) >= 11 is 0. The van der Waals surface area contributed by atoms with Crippen molar-refractivity contribution in [3.05, 3.63) is 23.7 Å². The molecule has 26 valence electrons. The van der Waals surface area contributed by atoms with Gasteiger partial charge in [-0.3, -0.25) is 0 Å².